The van der Waals surface area contributed by atoms with Gasteiger partial charge in [0.2, 0.25) is 0 Å². The SMILES string of the molecule is CC(C)(C)C1CCC(=O)C(CC2CCC2)C1. The average Bonchev–Trinajstić information content (AvgIpc) is 2.11. The van der Waals surface area contributed by atoms with Gasteiger partial charge in [0, 0.05) is 12.3 Å². The van der Waals surface area contributed by atoms with Crippen LogP contribution in [-0.4, -0.2) is 5.78 Å². The van der Waals surface area contributed by atoms with Crippen molar-refractivity contribution in [2.45, 2.75) is 65.7 Å². The van der Waals surface area contributed by atoms with Gasteiger partial charge in [-0.05, 0) is 36.5 Å². The molecule has 0 aromatic heterocycles. The second-order valence-electron chi connectivity index (χ2n) is 7.03. The molecule has 0 radical (unpaired) electrons. The molecular formula is C15H26O. The molecule has 2 saturated carbocycles. The van der Waals surface area contributed by atoms with Crippen LogP contribution in [0.4, 0.5) is 0 Å². The quantitative estimate of drug-likeness (QED) is 0.684. The third-order valence-electron chi connectivity index (χ3n) is 4.83. The number of carbonyl (C=O) groups is 1. The van der Waals surface area contributed by atoms with Gasteiger partial charge in [-0.3, -0.25) is 4.79 Å². The first kappa shape index (κ1) is 12.1. The summed E-state index contributed by atoms with van der Waals surface area (Å²) in [5.41, 5.74) is 0.387. The molecule has 2 aliphatic carbocycles. The fraction of sp³-hybridized carbons (Fsp3) is 0.933. The summed E-state index contributed by atoms with van der Waals surface area (Å²) in [5.74, 6) is 2.61. The van der Waals surface area contributed by atoms with Crippen molar-refractivity contribution < 1.29 is 4.79 Å². The molecule has 0 heterocycles. The summed E-state index contributed by atoms with van der Waals surface area (Å²) in [7, 11) is 0. The lowest BCUT2D eigenvalue weighted by Crippen LogP contribution is -2.33. The number of ketones is 1. The third kappa shape index (κ3) is 2.67. The highest BCUT2D eigenvalue weighted by atomic mass is 16.1. The predicted molar refractivity (Wildman–Crippen MR) is 67.3 cm³/mol. The van der Waals surface area contributed by atoms with E-state index in [9.17, 15) is 4.79 Å². The first-order chi connectivity index (χ1) is 7.47. The van der Waals surface area contributed by atoms with Gasteiger partial charge in [-0.15, -0.1) is 0 Å². The smallest absolute Gasteiger partial charge is 0.136 e. The van der Waals surface area contributed by atoms with Crippen LogP contribution in [0, 0.1) is 23.2 Å². The molecule has 0 spiro atoms. The lowest BCUT2D eigenvalue weighted by Gasteiger charge is -2.39. The Morgan fingerprint density at radius 1 is 1.19 bits per heavy atom. The Labute approximate surface area is 100.0 Å². The van der Waals surface area contributed by atoms with E-state index in [1.165, 1.54) is 32.1 Å². The highest BCUT2D eigenvalue weighted by Crippen LogP contribution is 2.43. The van der Waals surface area contributed by atoms with Gasteiger partial charge in [0.15, 0.2) is 0 Å². The fourth-order valence-corrected chi connectivity index (χ4v) is 3.26. The van der Waals surface area contributed by atoms with Crippen LogP contribution < -0.4 is 0 Å². The van der Waals surface area contributed by atoms with E-state index in [1.807, 2.05) is 0 Å². The Morgan fingerprint density at radius 3 is 2.38 bits per heavy atom. The zero-order chi connectivity index (χ0) is 11.8. The van der Waals surface area contributed by atoms with Crippen molar-refractivity contribution in [2.24, 2.45) is 23.2 Å². The van der Waals surface area contributed by atoms with Crippen molar-refractivity contribution in [3.05, 3.63) is 0 Å². The van der Waals surface area contributed by atoms with Gasteiger partial charge >= 0.3 is 0 Å². The molecule has 0 amide bonds. The molecule has 2 unspecified atom stereocenters. The van der Waals surface area contributed by atoms with E-state index in [0.29, 0.717) is 17.1 Å². The Bertz CT molecular complexity index is 257. The number of carbonyl (C=O) groups excluding carboxylic acids is 1. The first-order valence-corrected chi connectivity index (χ1v) is 6.99. The van der Waals surface area contributed by atoms with Gasteiger partial charge in [-0.1, -0.05) is 40.0 Å². The number of rotatable bonds is 2. The van der Waals surface area contributed by atoms with Gasteiger partial charge in [-0.25, -0.2) is 0 Å². The standard InChI is InChI=1S/C15H26O/c1-15(2,3)13-7-8-14(16)12(10-13)9-11-5-4-6-11/h11-13H,4-10H2,1-3H3. The zero-order valence-electron chi connectivity index (χ0n) is 11.1. The molecule has 0 aromatic carbocycles. The maximum absolute atomic E-state index is 11.9. The lowest BCUT2D eigenvalue weighted by molar-refractivity contribution is -0.127. The minimum absolute atomic E-state index is 0.387. The minimum Gasteiger partial charge on any atom is -0.299 e. The van der Waals surface area contributed by atoms with Gasteiger partial charge < -0.3 is 0 Å². The van der Waals surface area contributed by atoms with Crippen molar-refractivity contribution in [3.8, 4) is 0 Å². The van der Waals surface area contributed by atoms with Crippen LogP contribution in [0.3, 0.4) is 0 Å². The molecule has 2 aliphatic rings. The summed E-state index contributed by atoms with van der Waals surface area (Å²) in [5, 5.41) is 0. The van der Waals surface area contributed by atoms with E-state index in [-0.39, 0.29) is 0 Å². The van der Waals surface area contributed by atoms with Gasteiger partial charge in [-0.2, -0.15) is 0 Å². The largest absolute Gasteiger partial charge is 0.299 e. The molecule has 0 bridgehead atoms. The number of hydrogen-bond donors (Lipinski definition) is 0. The third-order valence-corrected chi connectivity index (χ3v) is 4.83. The first-order valence-electron chi connectivity index (χ1n) is 6.99. The summed E-state index contributed by atoms with van der Waals surface area (Å²) in [4.78, 5) is 11.9. The Balaban J connectivity index is 1.91. The van der Waals surface area contributed by atoms with Crippen LogP contribution in [0.2, 0.25) is 0 Å². The van der Waals surface area contributed by atoms with Crippen LogP contribution in [0.25, 0.3) is 0 Å². The summed E-state index contributed by atoms with van der Waals surface area (Å²) in [6.07, 6.45) is 8.50. The summed E-state index contributed by atoms with van der Waals surface area (Å²) >= 11 is 0. The molecular weight excluding hydrogens is 196 g/mol. The van der Waals surface area contributed by atoms with Crippen LogP contribution in [-0.2, 0) is 4.79 Å². The van der Waals surface area contributed by atoms with Crippen molar-refractivity contribution in [3.63, 3.8) is 0 Å². The molecule has 2 atom stereocenters. The minimum atomic E-state index is 0.387. The van der Waals surface area contributed by atoms with E-state index in [0.717, 1.165) is 24.7 Å². The van der Waals surface area contributed by atoms with Crippen LogP contribution in [0.15, 0.2) is 0 Å². The van der Waals surface area contributed by atoms with Gasteiger partial charge in [0.25, 0.3) is 0 Å². The molecule has 1 nitrogen and oxygen atoms in total. The van der Waals surface area contributed by atoms with E-state index in [2.05, 4.69) is 20.8 Å². The maximum atomic E-state index is 11.9. The number of Topliss-reactive ketones (excluding diaryl/α,β-unsaturated/α-hetero) is 1. The van der Waals surface area contributed by atoms with Crippen molar-refractivity contribution in [1.82, 2.24) is 0 Å². The molecule has 2 rings (SSSR count). The molecule has 0 aliphatic heterocycles. The highest BCUT2D eigenvalue weighted by molar-refractivity contribution is 5.81. The van der Waals surface area contributed by atoms with Crippen molar-refractivity contribution in [1.29, 1.82) is 0 Å². The second kappa shape index (κ2) is 4.50. The Kier molecular flexibility index (Phi) is 3.42. The summed E-state index contributed by atoms with van der Waals surface area (Å²) in [6.45, 7) is 6.98. The van der Waals surface area contributed by atoms with Crippen molar-refractivity contribution >= 4 is 5.78 Å². The number of hydrogen-bond acceptors (Lipinski definition) is 1. The molecule has 92 valence electrons. The van der Waals surface area contributed by atoms with Gasteiger partial charge in [0.05, 0.1) is 0 Å². The van der Waals surface area contributed by atoms with Crippen LogP contribution in [0.1, 0.15) is 65.7 Å². The normalized spacial score (nSPS) is 32.6. The second-order valence-corrected chi connectivity index (χ2v) is 7.03. The fourth-order valence-electron chi connectivity index (χ4n) is 3.26. The molecule has 16 heavy (non-hydrogen) atoms. The van der Waals surface area contributed by atoms with E-state index < -0.39 is 0 Å². The van der Waals surface area contributed by atoms with E-state index in [1.54, 1.807) is 0 Å². The zero-order valence-corrected chi connectivity index (χ0v) is 11.1. The van der Waals surface area contributed by atoms with E-state index in [4.69, 9.17) is 0 Å². The molecule has 0 saturated heterocycles. The van der Waals surface area contributed by atoms with Crippen LogP contribution >= 0.6 is 0 Å². The molecule has 0 aromatic rings. The van der Waals surface area contributed by atoms with E-state index >= 15 is 0 Å². The van der Waals surface area contributed by atoms with Gasteiger partial charge in [0.1, 0.15) is 5.78 Å². The Morgan fingerprint density at radius 2 is 1.88 bits per heavy atom. The Hall–Kier alpha value is -0.330. The summed E-state index contributed by atoms with van der Waals surface area (Å²) in [6, 6.07) is 0. The highest BCUT2D eigenvalue weighted by Gasteiger charge is 2.36. The summed E-state index contributed by atoms with van der Waals surface area (Å²) < 4.78 is 0. The molecule has 1 heteroatoms. The average molecular weight is 222 g/mol. The predicted octanol–water partition coefficient (Wildman–Crippen LogP) is 4.21. The molecule has 0 N–H and O–H groups in total. The lowest BCUT2D eigenvalue weighted by atomic mass is 9.65. The van der Waals surface area contributed by atoms with Crippen LogP contribution in [0.5, 0.6) is 0 Å². The topological polar surface area (TPSA) is 17.1 Å². The monoisotopic (exact) mass is 222 g/mol. The molecule has 2 fully saturated rings. The maximum Gasteiger partial charge on any atom is 0.136 e. The van der Waals surface area contributed by atoms with Crippen molar-refractivity contribution in [2.75, 3.05) is 0 Å².